The number of carbonyl (C=O) groups excluding carboxylic acids is 1. The van der Waals surface area contributed by atoms with Gasteiger partial charge in [0.1, 0.15) is 6.10 Å². The molecule has 4 heterocycles. The Balaban J connectivity index is 0.000000595. The van der Waals surface area contributed by atoms with Crippen molar-refractivity contribution in [2.45, 2.75) is 122 Å². The minimum Gasteiger partial charge on any atom is -0.591 e. The standard InChI is InChI=1S/C26H44O9.C7H7O2.Na/c1-16(13-23(30)33-11-9-7-5-4-6-8-10-22(28)29)12-20-25(32)24(31)19(15-34-20)14-21-26(35-21)17(2)18(3)27;1-3-8-5-7-6(1)2-4-9-7;/h13,17-21,24-27,31-32H,4-12,14-15H2,1-3H3,(H,28,29);2H,1,3-4H2;/q;-1;+1/b16-13+;;/t17?,18?,19-,20?,21-,24+,25-,26?;;/m0../s1. The molecule has 12 heteroatoms. The fraction of sp³-hybridized carbons (Fsp3) is 0.758. The van der Waals surface area contributed by atoms with Gasteiger partial charge in [-0.1, -0.05) is 44.6 Å². The van der Waals surface area contributed by atoms with Gasteiger partial charge >= 0.3 is 41.5 Å². The van der Waals surface area contributed by atoms with E-state index < -0.39 is 36.4 Å². The Hall–Kier alpha value is -1.44. The predicted octanol–water partition coefficient (Wildman–Crippen LogP) is 0.604. The zero-order chi connectivity index (χ0) is 32.1. The fourth-order valence-electron chi connectivity index (χ4n) is 5.59. The average molecular weight is 647 g/mol. The number of carboxylic acid groups (broad SMARTS) is 1. The summed E-state index contributed by atoms with van der Waals surface area (Å²) in [6.07, 6.45) is 10.4. The Bertz CT molecular complexity index is 1010. The second-order valence-corrected chi connectivity index (χ2v) is 12.3. The van der Waals surface area contributed by atoms with Crippen molar-refractivity contribution in [2.75, 3.05) is 26.4 Å². The quantitative estimate of drug-likeness (QED) is 0.0464. The van der Waals surface area contributed by atoms with Gasteiger partial charge in [-0.15, -0.1) is 11.6 Å². The molecule has 0 aliphatic carbocycles. The van der Waals surface area contributed by atoms with Crippen molar-refractivity contribution in [1.82, 2.24) is 0 Å². The molecule has 0 aromatic rings. The molecule has 2 fully saturated rings. The van der Waals surface area contributed by atoms with Crippen molar-refractivity contribution in [3.8, 4) is 0 Å². The summed E-state index contributed by atoms with van der Waals surface area (Å²) in [4.78, 5) is 22.5. The van der Waals surface area contributed by atoms with Crippen LogP contribution in [0.15, 0.2) is 29.1 Å². The molecule has 0 amide bonds. The Kier molecular flexibility index (Phi) is 18.3. The molecule has 4 aliphatic rings. The molecule has 250 valence electrons. The van der Waals surface area contributed by atoms with E-state index in [1.54, 1.807) is 13.8 Å². The van der Waals surface area contributed by atoms with Crippen LogP contribution in [0.25, 0.3) is 0 Å². The van der Waals surface area contributed by atoms with E-state index in [0.29, 0.717) is 44.7 Å². The summed E-state index contributed by atoms with van der Waals surface area (Å²) in [5.74, 6) is -0.615. The van der Waals surface area contributed by atoms with Crippen molar-refractivity contribution in [2.24, 2.45) is 11.8 Å². The minimum atomic E-state index is -1.06. The molecular formula is C33H51NaO11. The van der Waals surface area contributed by atoms with Crippen LogP contribution in [0, 0.1) is 18.1 Å². The first-order chi connectivity index (χ1) is 21.1. The number of aliphatic hydroxyl groups excluding tert-OH is 3. The molecule has 11 nitrogen and oxygen atoms in total. The smallest absolute Gasteiger partial charge is 0.591 e. The van der Waals surface area contributed by atoms with Crippen LogP contribution in [-0.4, -0.2) is 95.4 Å². The van der Waals surface area contributed by atoms with Gasteiger partial charge in [0.2, 0.25) is 0 Å². The summed E-state index contributed by atoms with van der Waals surface area (Å²) in [5.41, 5.74) is 1.96. The Morgan fingerprint density at radius 3 is 2.49 bits per heavy atom. The molecule has 0 aromatic heterocycles. The average Bonchev–Trinajstić information content (AvgIpc) is 3.58. The van der Waals surface area contributed by atoms with E-state index in [0.717, 1.165) is 50.9 Å². The van der Waals surface area contributed by atoms with Crippen LogP contribution in [0.3, 0.4) is 0 Å². The number of hydrogen-bond acceptors (Lipinski definition) is 10. The molecule has 0 radical (unpaired) electrons. The second kappa shape index (κ2) is 20.7. The number of ether oxygens (including phenoxy) is 5. The molecule has 0 bridgehead atoms. The van der Waals surface area contributed by atoms with Gasteiger partial charge in [-0.3, -0.25) is 4.79 Å². The fourth-order valence-corrected chi connectivity index (χ4v) is 5.59. The molecule has 4 unspecified atom stereocenters. The normalized spacial score (nSPS) is 28.4. The maximum Gasteiger partial charge on any atom is 1.00 e. The third kappa shape index (κ3) is 14.1. The van der Waals surface area contributed by atoms with Crippen molar-refractivity contribution in [3.05, 3.63) is 35.3 Å². The predicted molar refractivity (Wildman–Crippen MR) is 160 cm³/mol. The summed E-state index contributed by atoms with van der Waals surface area (Å²) in [5, 5.41) is 39.5. The first-order valence-electron chi connectivity index (χ1n) is 16.0. The number of fused-ring (bicyclic) bond motifs is 1. The maximum atomic E-state index is 12.1. The van der Waals surface area contributed by atoms with Crippen molar-refractivity contribution in [3.63, 3.8) is 0 Å². The third-order valence-corrected chi connectivity index (χ3v) is 8.58. The third-order valence-electron chi connectivity index (χ3n) is 8.58. The zero-order valence-electron chi connectivity index (χ0n) is 27.3. The van der Waals surface area contributed by atoms with Gasteiger partial charge in [-0.05, 0) is 51.6 Å². The number of carboxylic acids is 1. The number of carbonyl (C=O) groups is 2. The van der Waals surface area contributed by atoms with Crippen LogP contribution in [0.4, 0.5) is 0 Å². The number of hydrogen-bond donors (Lipinski definition) is 4. The van der Waals surface area contributed by atoms with Crippen LogP contribution in [-0.2, 0) is 33.3 Å². The minimum absolute atomic E-state index is 0. The number of esters is 1. The van der Waals surface area contributed by atoms with Crippen molar-refractivity contribution < 1.29 is 83.3 Å². The van der Waals surface area contributed by atoms with Gasteiger partial charge < -0.3 is 44.1 Å². The first kappa shape index (κ1) is 39.7. The molecule has 4 rings (SSSR count). The zero-order valence-corrected chi connectivity index (χ0v) is 29.3. The molecule has 45 heavy (non-hydrogen) atoms. The number of unbranched alkanes of at least 4 members (excludes halogenated alkanes) is 5. The molecule has 4 N–H and O–H groups in total. The van der Waals surface area contributed by atoms with Gasteiger partial charge in [-0.25, -0.2) is 4.79 Å². The maximum absolute atomic E-state index is 12.1. The first-order valence-corrected chi connectivity index (χ1v) is 16.0. The number of rotatable bonds is 16. The van der Waals surface area contributed by atoms with Gasteiger partial charge in [-0.2, -0.15) is 0 Å². The SMILES string of the molecule is C/C(=C\C(=O)OCCCCCCCCC(=O)O)CC1OC[C@H](C[C@@H]2OC2C(C)C(C)O)[C@@H](O)[C@H]1O.[C-]1=C2OCC=C2CCO1.[Na+]. The van der Waals surface area contributed by atoms with E-state index in [9.17, 15) is 24.9 Å². The van der Waals surface area contributed by atoms with Gasteiger partial charge in [0.15, 0.2) is 0 Å². The van der Waals surface area contributed by atoms with E-state index in [1.807, 2.05) is 6.92 Å². The Labute approximate surface area is 289 Å². The van der Waals surface area contributed by atoms with Crippen LogP contribution in [0.1, 0.15) is 85.0 Å². The molecule has 0 saturated carbocycles. The van der Waals surface area contributed by atoms with Crippen LogP contribution < -0.4 is 29.6 Å². The second-order valence-electron chi connectivity index (χ2n) is 12.3. The van der Waals surface area contributed by atoms with Crippen molar-refractivity contribution in [1.29, 1.82) is 0 Å². The monoisotopic (exact) mass is 646 g/mol. The van der Waals surface area contributed by atoms with E-state index in [4.69, 9.17) is 28.8 Å². The van der Waals surface area contributed by atoms with Crippen LogP contribution in [0.5, 0.6) is 0 Å². The van der Waals surface area contributed by atoms with E-state index in [-0.39, 0.29) is 60.0 Å². The molecular weight excluding hydrogens is 595 g/mol. The summed E-state index contributed by atoms with van der Waals surface area (Å²) in [7, 11) is 0. The number of aliphatic hydroxyl groups is 3. The molecule has 0 spiro atoms. The molecule has 0 aromatic carbocycles. The summed E-state index contributed by atoms with van der Waals surface area (Å²) >= 11 is 0. The van der Waals surface area contributed by atoms with E-state index in [2.05, 4.69) is 12.3 Å². The Morgan fingerprint density at radius 1 is 1.09 bits per heavy atom. The number of allylic oxidation sites excluding steroid dienone is 1. The molecule has 8 atom stereocenters. The largest absolute Gasteiger partial charge is 1.00 e. The summed E-state index contributed by atoms with van der Waals surface area (Å²) in [6, 6.07) is 0. The summed E-state index contributed by atoms with van der Waals surface area (Å²) in [6.45, 7) is 7.51. The van der Waals surface area contributed by atoms with Gasteiger partial charge in [0.25, 0.3) is 0 Å². The Morgan fingerprint density at radius 2 is 1.80 bits per heavy atom. The molecule has 2 saturated heterocycles. The van der Waals surface area contributed by atoms with E-state index >= 15 is 0 Å². The molecule has 4 aliphatic heterocycles. The summed E-state index contributed by atoms with van der Waals surface area (Å²) < 4.78 is 26.8. The van der Waals surface area contributed by atoms with Gasteiger partial charge in [0.05, 0.1) is 56.9 Å². The van der Waals surface area contributed by atoms with E-state index in [1.165, 1.54) is 11.6 Å². The number of epoxide rings is 1. The van der Waals surface area contributed by atoms with Crippen LogP contribution in [0.2, 0.25) is 0 Å². The van der Waals surface area contributed by atoms with Crippen LogP contribution >= 0.6 is 0 Å². The van der Waals surface area contributed by atoms with Crippen molar-refractivity contribution >= 4 is 11.9 Å². The topological polar surface area (TPSA) is 165 Å². The number of aliphatic carboxylic acids is 1. The van der Waals surface area contributed by atoms with Gasteiger partial charge in [0, 0.05) is 24.3 Å².